The van der Waals surface area contributed by atoms with E-state index in [-0.39, 0.29) is 11.9 Å². The number of methoxy groups -OCH3 is 2. The summed E-state index contributed by atoms with van der Waals surface area (Å²) in [7, 11) is 3.25. The third-order valence-electron chi connectivity index (χ3n) is 4.01. The lowest BCUT2D eigenvalue weighted by Gasteiger charge is -2.17. The number of carbonyl (C=O) groups is 1. The van der Waals surface area contributed by atoms with Gasteiger partial charge in [-0.15, -0.1) is 0 Å². The van der Waals surface area contributed by atoms with E-state index in [1.54, 1.807) is 20.3 Å². The minimum atomic E-state index is -0.167. The Hall–Kier alpha value is -2.75. The molecule has 0 unspecified atom stereocenters. The van der Waals surface area contributed by atoms with Crippen molar-refractivity contribution in [2.75, 3.05) is 14.2 Å². The van der Waals surface area contributed by atoms with Crippen LogP contribution in [0.1, 0.15) is 35.2 Å². The van der Waals surface area contributed by atoms with E-state index in [4.69, 9.17) is 9.47 Å². The molecule has 0 saturated heterocycles. The van der Waals surface area contributed by atoms with Gasteiger partial charge in [0, 0.05) is 17.2 Å². The molecule has 1 N–H and O–H groups in total. The first-order valence-electron chi connectivity index (χ1n) is 8.22. The van der Waals surface area contributed by atoms with Gasteiger partial charge in [-0.05, 0) is 45.0 Å². The molecule has 132 valence electrons. The molecule has 4 heteroatoms. The number of carbonyl (C=O) groups excluding carboxylic acids is 1. The summed E-state index contributed by atoms with van der Waals surface area (Å²) >= 11 is 0. The molecule has 0 saturated carbocycles. The van der Waals surface area contributed by atoms with E-state index in [1.165, 1.54) is 6.08 Å². The van der Waals surface area contributed by atoms with Gasteiger partial charge in [-0.3, -0.25) is 4.79 Å². The van der Waals surface area contributed by atoms with Crippen LogP contribution >= 0.6 is 0 Å². The monoisotopic (exact) mass is 339 g/mol. The largest absolute Gasteiger partial charge is 0.496 e. The van der Waals surface area contributed by atoms with Gasteiger partial charge in [0.15, 0.2) is 0 Å². The fraction of sp³-hybridized carbons (Fsp3) is 0.286. The van der Waals surface area contributed by atoms with Gasteiger partial charge in [-0.1, -0.05) is 29.3 Å². The number of ether oxygens (including phenoxy) is 2. The maximum absolute atomic E-state index is 12.3. The minimum absolute atomic E-state index is 0.161. The molecule has 2 aromatic carbocycles. The summed E-state index contributed by atoms with van der Waals surface area (Å²) in [6, 6.07) is 11.6. The Labute approximate surface area is 149 Å². The highest BCUT2D eigenvalue weighted by Gasteiger charge is 2.13. The van der Waals surface area contributed by atoms with Gasteiger partial charge in [0.2, 0.25) is 5.91 Å². The Morgan fingerprint density at radius 3 is 2.24 bits per heavy atom. The van der Waals surface area contributed by atoms with Gasteiger partial charge in [0.1, 0.15) is 11.5 Å². The summed E-state index contributed by atoms with van der Waals surface area (Å²) in [6.45, 7) is 5.96. The molecule has 0 spiro atoms. The van der Waals surface area contributed by atoms with Gasteiger partial charge >= 0.3 is 0 Å². The summed E-state index contributed by atoms with van der Waals surface area (Å²) < 4.78 is 10.7. The van der Waals surface area contributed by atoms with Crippen LogP contribution in [-0.2, 0) is 4.79 Å². The van der Waals surface area contributed by atoms with Gasteiger partial charge in [-0.2, -0.15) is 0 Å². The average Bonchev–Trinajstić information content (AvgIpc) is 2.60. The normalized spacial score (nSPS) is 12.0. The number of hydrogen-bond donors (Lipinski definition) is 1. The lowest BCUT2D eigenvalue weighted by molar-refractivity contribution is -0.117. The third kappa shape index (κ3) is 4.86. The predicted octanol–water partition coefficient (Wildman–Crippen LogP) is 4.21. The molecule has 0 aliphatic heterocycles. The lowest BCUT2D eigenvalue weighted by Crippen LogP contribution is -2.25. The fourth-order valence-electron chi connectivity index (χ4n) is 2.68. The first kappa shape index (κ1) is 18.6. The second kappa shape index (κ2) is 8.38. The van der Waals surface area contributed by atoms with E-state index >= 15 is 0 Å². The van der Waals surface area contributed by atoms with Crippen molar-refractivity contribution < 1.29 is 14.3 Å². The van der Waals surface area contributed by atoms with Crippen molar-refractivity contribution in [1.82, 2.24) is 5.32 Å². The average molecular weight is 339 g/mol. The second-order valence-electron chi connectivity index (χ2n) is 6.05. The summed E-state index contributed by atoms with van der Waals surface area (Å²) in [4.78, 5) is 12.3. The summed E-state index contributed by atoms with van der Waals surface area (Å²) in [6.07, 6.45) is 3.29. The molecule has 0 aliphatic rings. The molecule has 0 bridgehead atoms. The van der Waals surface area contributed by atoms with Crippen LogP contribution in [0.5, 0.6) is 11.5 Å². The van der Waals surface area contributed by atoms with E-state index in [9.17, 15) is 4.79 Å². The van der Waals surface area contributed by atoms with Gasteiger partial charge in [0.25, 0.3) is 0 Å². The lowest BCUT2D eigenvalue weighted by atomic mass is 10.0. The number of benzene rings is 2. The van der Waals surface area contributed by atoms with Gasteiger partial charge in [-0.25, -0.2) is 0 Å². The van der Waals surface area contributed by atoms with Crippen molar-refractivity contribution in [3.63, 3.8) is 0 Å². The molecule has 2 aromatic rings. The van der Waals surface area contributed by atoms with E-state index < -0.39 is 0 Å². The molecule has 4 nitrogen and oxygen atoms in total. The number of amides is 1. The number of aryl methyl sites for hydroxylation is 2. The van der Waals surface area contributed by atoms with E-state index in [0.717, 1.165) is 33.8 Å². The van der Waals surface area contributed by atoms with Crippen LogP contribution in [0.2, 0.25) is 0 Å². The van der Waals surface area contributed by atoms with Crippen LogP contribution in [0, 0.1) is 13.8 Å². The Morgan fingerprint density at radius 1 is 1.00 bits per heavy atom. The quantitative estimate of drug-likeness (QED) is 0.802. The summed E-state index contributed by atoms with van der Waals surface area (Å²) in [5.41, 5.74) is 4.06. The Balaban J connectivity index is 2.12. The molecule has 0 aromatic heterocycles. The standard InChI is InChI=1S/C21H25NO3/c1-14-6-9-19(24-4)17(12-14)8-11-21(23)22-16(3)18-13-15(2)7-10-20(18)25-5/h6-13,16H,1-5H3,(H,22,23)/b11-8+/t16-/m0/s1. The highest BCUT2D eigenvalue weighted by atomic mass is 16.5. The first-order valence-corrected chi connectivity index (χ1v) is 8.22. The molecule has 1 amide bonds. The molecule has 0 radical (unpaired) electrons. The second-order valence-corrected chi connectivity index (χ2v) is 6.05. The summed E-state index contributed by atoms with van der Waals surface area (Å²) in [5, 5.41) is 2.97. The van der Waals surface area contributed by atoms with Crippen molar-refractivity contribution >= 4 is 12.0 Å². The molecule has 1 atom stereocenters. The maximum atomic E-state index is 12.3. The molecular formula is C21H25NO3. The van der Waals surface area contributed by atoms with Crippen LogP contribution < -0.4 is 14.8 Å². The van der Waals surface area contributed by atoms with Crippen LogP contribution in [0.3, 0.4) is 0 Å². The van der Waals surface area contributed by atoms with Gasteiger partial charge in [0.05, 0.1) is 20.3 Å². The first-order chi connectivity index (χ1) is 11.9. The van der Waals surface area contributed by atoms with Crippen molar-refractivity contribution in [2.24, 2.45) is 0 Å². The zero-order valence-electron chi connectivity index (χ0n) is 15.4. The van der Waals surface area contributed by atoms with Crippen LogP contribution in [0.4, 0.5) is 0 Å². The maximum Gasteiger partial charge on any atom is 0.244 e. The van der Waals surface area contributed by atoms with E-state index in [1.807, 2.05) is 57.2 Å². The fourth-order valence-corrected chi connectivity index (χ4v) is 2.68. The smallest absolute Gasteiger partial charge is 0.244 e. The van der Waals surface area contributed by atoms with Crippen LogP contribution in [-0.4, -0.2) is 20.1 Å². The predicted molar refractivity (Wildman–Crippen MR) is 101 cm³/mol. The Bertz CT molecular complexity index is 781. The molecule has 2 rings (SSSR count). The number of rotatable bonds is 6. The van der Waals surface area contributed by atoms with E-state index in [0.29, 0.717) is 0 Å². The molecule has 0 heterocycles. The Kier molecular flexibility index (Phi) is 6.23. The number of hydrogen-bond acceptors (Lipinski definition) is 3. The topological polar surface area (TPSA) is 47.6 Å². The van der Waals surface area contributed by atoms with Crippen molar-refractivity contribution in [3.05, 3.63) is 64.7 Å². The molecule has 0 fully saturated rings. The van der Waals surface area contributed by atoms with Crippen molar-refractivity contribution in [3.8, 4) is 11.5 Å². The van der Waals surface area contributed by atoms with Crippen molar-refractivity contribution in [2.45, 2.75) is 26.8 Å². The summed E-state index contributed by atoms with van der Waals surface area (Å²) in [5.74, 6) is 1.34. The Morgan fingerprint density at radius 2 is 1.60 bits per heavy atom. The minimum Gasteiger partial charge on any atom is -0.496 e. The van der Waals surface area contributed by atoms with Crippen LogP contribution in [0.25, 0.3) is 6.08 Å². The van der Waals surface area contributed by atoms with E-state index in [2.05, 4.69) is 5.32 Å². The van der Waals surface area contributed by atoms with Gasteiger partial charge < -0.3 is 14.8 Å². The third-order valence-corrected chi connectivity index (χ3v) is 4.01. The highest BCUT2D eigenvalue weighted by molar-refractivity contribution is 5.92. The SMILES string of the molecule is COc1ccc(C)cc1/C=C/C(=O)N[C@@H](C)c1cc(C)ccc1OC. The zero-order valence-corrected chi connectivity index (χ0v) is 15.4. The molecule has 0 aliphatic carbocycles. The zero-order chi connectivity index (χ0) is 18.4. The highest BCUT2D eigenvalue weighted by Crippen LogP contribution is 2.26. The number of nitrogens with one attached hydrogen (secondary N) is 1. The molecular weight excluding hydrogens is 314 g/mol. The van der Waals surface area contributed by atoms with Crippen molar-refractivity contribution in [1.29, 1.82) is 0 Å². The van der Waals surface area contributed by atoms with Crippen LogP contribution in [0.15, 0.2) is 42.5 Å². The molecule has 25 heavy (non-hydrogen) atoms.